The second kappa shape index (κ2) is 7.81. The second-order valence-electron chi connectivity index (χ2n) is 6.50. The highest BCUT2D eigenvalue weighted by Crippen LogP contribution is 2.53. The molecule has 1 amide bonds. The van der Waals surface area contributed by atoms with Gasteiger partial charge in [0.25, 0.3) is 0 Å². The standard InChI is InChI=1S/C13H16N2O.C4H6O6/c14-11-9-15(12(16)13(11)6-7-13)8-10-4-2-1-3-5-10;5-1(3(7)8)2(6)4(9)10/h1-5,11H,6-9,14H2;1-2,5-6H,(H,7,8)(H,9,10)/t;1-,2-/m.0/s1. The van der Waals surface area contributed by atoms with Gasteiger partial charge in [-0.2, -0.15) is 0 Å². The first kappa shape index (κ1) is 19.8. The molecule has 0 aromatic heterocycles. The van der Waals surface area contributed by atoms with Crippen molar-refractivity contribution in [3.8, 4) is 0 Å². The summed E-state index contributed by atoms with van der Waals surface area (Å²) >= 11 is 0. The highest BCUT2D eigenvalue weighted by Gasteiger charge is 2.60. The Bertz CT molecular complexity index is 657. The van der Waals surface area contributed by atoms with Crippen molar-refractivity contribution >= 4 is 17.8 Å². The Morgan fingerprint density at radius 1 is 1.12 bits per heavy atom. The number of hydrogen-bond donors (Lipinski definition) is 5. The summed E-state index contributed by atoms with van der Waals surface area (Å²) in [6, 6.07) is 10.1. The van der Waals surface area contributed by atoms with Gasteiger partial charge >= 0.3 is 11.9 Å². The number of aliphatic hydroxyl groups excluding tert-OH is 2. The van der Waals surface area contributed by atoms with E-state index in [0.717, 1.165) is 12.8 Å². The molecular formula is C17H22N2O7. The number of aliphatic carboxylic acids is 2. The first-order chi connectivity index (χ1) is 12.2. The quantitative estimate of drug-likeness (QED) is 0.444. The Balaban J connectivity index is 0.000000213. The SMILES string of the molecule is NC1CN(Cc2ccccc2)C(=O)C12CC2.O=C(O)[C@@H](O)[C@H](O)C(=O)O. The molecule has 142 valence electrons. The largest absolute Gasteiger partial charge is 0.479 e. The van der Waals surface area contributed by atoms with Crippen LogP contribution in [0.2, 0.25) is 0 Å². The van der Waals surface area contributed by atoms with E-state index in [1.165, 1.54) is 5.56 Å². The molecule has 1 unspecified atom stereocenters. The monoisotopic (exact) mass is 366 g/mol. The van der Waals surface area contributed by atoms with Crippen LogP contribution >= 0.6 is 0 Å². The molecule has 1 aliphatic heterocycles. The van der Waals surface area contributed by atoms with Crippen LogP contribution in [0.25, 0.3) is 0 Å². The highest BCUT2D eigenvalue weighted by molar-refractivity contribution is 5.88. The number of carbonyl (C=O) groups excluding carboxylic acids is 1. The van der Waals surface area contributed by atoms with Crippen molar-refractivity contribution in [3.05, 3.63) is 35.9 Å². The maximum atomic E-state index is 12.2. The number of rotatable bonds is 5. The number of amides is 1. The summed E-state index contributed by atoms with van der Waals surface area (Å²) < 4.78 is 0. The number of carbonyl (C=O) groups is 3. The molecule has 3 rings (SSSR count). The van der Waals surface area contributed by atoms with Gasteiger partial charge in [0, 0.05) is 19.1 Å². The van der Waals surface area contributed by atoms with Gasteiger partial charge in [0.2, 0.25) is 5.91 Å². The van der Waals surface area contributed by atoms with E-state index in [0.29, 0.717) is 13.1 Å². The summed E-state index contributed by atoms with van der Waals surface area (Å²) in [5, 5.41) is 32.5. The summed E-state index contributed by atoms with van der Waals surface area (Å²) in [4.78, 5) is 33.6. The summed E-state index contributed by atoms with van der Waals surface area (Å²) in [6.45, 7) is 1.42. The van der Waals surface area contributed by atoms with E-state index >= 15 is 0 Å². The molecule has 1 heterocycles. The molecule has 9 nitrogen and oxygen atoms in total. The normalized spacial score (nSPS) is 22.3. The van der Waals surface area contributed by atoms with Gasteiger partial charge in [-0.05, 0) is 18.4 Å². The lowest BCUT2D eigenvalue weighted by Gasteiger charge is -2.16. The average Bonchev–Trinajstić information content (AvgIpc) is 3.38. The van der Waals surface area contributed by atoms with Crippen LogP contribution in [-0.4, -0.2) is 68.0 Å². The van der Waals surface area contributed by atoms with Crippen LogP contribution in [0.3, 0.4) is 0 Å². The van der Waals surface area contributed by atoms with Crippen molar-refractivity contribution in [2.75, 3.05) is 6.54 Å². The summed E-state index contributed by atoms with van der Waals surface area (Å²) in [6.07, 6.45) is -2.56. The molecule has 1 aliphatic carbocycles. The molecule has 0 radical (unpaired) electrons. The van der Waals surface area contributed by atoms with Crippen molar-refractivity contribution in [2.45, 2.75) is 37.6 Å². The predicted octanol–water partition coefficient (Wildman–Crippen LogP) is -0.986. The molecular weight excluding hydrogens is 344 g/mol. The van der Waals surface area contributed by atoms with Crippen molar-refractivity contribution in [1.82, 2.24) is 4.90 Å². The third kappa shape index (κ3) is 4.18. The van der Waals surface area contributed by atoms with Gasteiger partial charge in [-0.3, -0.25) is 4.79 Å². The zero-order valence-corrected chi connectivity index (χ0v) is 14.0. The lowest BCUT2D eigenvalue weighted by Crippen LogP contribution is -2.39. The molecule has 9 heteroatoms. The number of carboxylic acids is 2. The van der Waals surface area contributed by atoms with Gasteiger partial charge < -0.3 is 31.1 Å². The van der Waals surface area contributed by atoms with E-state index in [-0.39, 0.29) is 17.4 Å². The van der Waals surface area contributed by atoms with Gasteiger partial charge in [-0.25, -0.2) is 9.59 Å². The second-order valence-corrected chi connectivity index (χ2v) is 6.50. The Hall–Kier alpha value is -2.49. The van der Waals surface area contributed by atoms with Gasteiger partial charge in [-0.1, -0.05) is 30.3 Å². The fourth-order valence-corrected chi connectivity index (χ4v) is 2.90. The number of carboxylic acid groups (broad SMARTS) is 2. The van der Waals surface area contributed by atoms with E-state index in [9.17, 15) is 14.4 Å². The number of benzene rings is 1. The van der Waals surface area contributed by atoms with E-state index in [2.05, 4.69) is 12.1 Å². The van der Waals surface area contributed by atoms with Crippen molar-refractivity contribution < 1.29 is 34.8 Å². The van der Waals surface area contributed by atoms with Crippen LogP contribution in [0.5, 0.6) is 0 Å². The summed E-state index contributed by atoms with van der Waals surface area (Å²) in [7, 11) is 0. The molecule has 2 fully saturated rings. The maximum Gasteiger partial charge on any atom is 0.335 e. The van der Waals surface area contributed by atoms with Crippen LogP contribution in [-0.2, 0) is 20.9 Å². The number of nitrogens with two attached hydrogens (primary N) is 1. The Morgan fingerprint density at radius 3 is 2.00 bits per heavy atom. The lowest BCUT2D eigenvalue weighted by atomic mass is 10.0. The van der Waals surface area contributed by atoms with Crippen LogP contribution in [0, 0.1) is 5.41 Å². The Labute approximate surface area is 149 Å². The molecule has 2 aliphatic rings. The predicted molar refractivity (Wildman–Crippen MR) is 88.8 cm³/mol. The molecule has 1 spiro atoms. The number of nitrogens with zero attached hydrogens (tertiary/aromatic N) is 1. The van der Waals surface area contributed by atoms with Crippen LogP contribution < -0.4 is 5.73 Å². The number of hydrogen-bond acceptors (Lipinski definition) is 6. The highest BCUT2D eigenvalue weighted by atomic mass is 16.4. The molecule has 1 saturated carbocycles. The molecule has 0 bridgehead atoms. The molecule has 26 heavy (non-hydrogen) atoms. The zero-order chi connectivity index (χ0) is 19.5. The van der Waals surface area contributed by atoms with Crippen LogP contribution in [0.15, 0.2) is 30.3 Å². The fourth-order valence-electron chi connectivity index (χ4n) is 2.90. The molecule has 1 aromatic carbocycles. The van der Waals surface area contributed by atoms with Crippen molar-refractivity contribution in [2.24, 2.45) is 11.1 Å². The molecule has 3 atom stereocenters. The third-order valence-electron chi connectivity index (χ3n) is 4.65. The van der Waals surface area contributed by atoms with Crippen LogP contribution in [0.4, 0.5) is 0 Å². The Kier molecular flexibility index (Phi) is 5.96. The van der Waals surface area contributed by atoms with E-state index in [1.54, 1.807) is 0 Å². The fraction of sp³-hybridized carbons (Fsp3) is 0.471. The first-order valence-corrected chi connectivity index (χ1v) is 8.09. The van der Waals surface area contributed by atoms with Gasteiger partial charge in [0.05, 0.1) is 5.41 Å². The minimum atomic E-state index is -2.27. The lowest BCUT2D eigenvalue weighted by molar-refractivity contribution is -0.165. The topological polar surface area (TPSA) is 161 Å². The maximum absolute atomic E-state index is 12.2. The summed E-state index contributed by atoms with van der Waals surface area (Å²) in [5.41, 5.74) is 7.06. The Morgan fingerprint density at radius 2 is 1.62 bits per heavy atom. The van der Waals surface area contributed by atoms with E-state index in [4.69, 9.17) is 26.2 Å². The minimum absolute atomic E-state index is 0.0451. The van der Waals surface area contributed by atoms with Gasteiger partial charge in [0.1, 0.15) is 0 Å². The average molecular weight is 366 g/mol. The van der Waals surface area contributed by atoms with Crippen molar-refractivity contribution in [1.29, 1.82) is 0 Å². The zero-order valence-electron chi connectivity index (χ0n) is 14.0. The number of likely N-dealkylation sites (tertiary alicyclic amines) is 1. The van der Waals surface area contributed by atoms with E-state index in [1.807, 2.05) is 23.1 Å². The minimum Gasteiger partial charge on any atom is -0.479 e. The molecule has 1 saturated heterocycles. The van der Waals surface area contributed by atoms with Gasteiger partial charge in [-0.15, -0.1) is 0 Å². The first-order valence-electron chi connectivity index (χ1n) is 8.09. The van der Waals surface area contributed by atoms with Crippen molar-refractivity contribution in [3.63, 3.8) is 0 Å². The number of aliphatic hydroxyl groups is 2. The molecule has 1 aromatic rings. The third-order valence-corrected chi connectivity index (χ3v) is 4.65. The van der Waals surface area contributed by atoms with E-state index < -0.39 is 24.1 Å². The summed E-state index contributed by atoms with van der Waals surface area (Å²) in [5.74, 6) is -3.27. The molecule has 6 N–H and O–H groups in total. The van der Waals surface area contributed by atoms with Crippen LogP contribution in [0.1, 0.15) is 18.4 Å². The smallest absolute Gasteiger partial charge is 0.335 e. The van der Waals surface area contributed by atoms with Gasteiger partial charge in [0.15, 0.2) is 12.2 Å².